The second-order valence-electron chi connectivity index (χ2n) is 7.14. The van der Waals surface area contributed by atoms with Crippen LogP contribution in [0.3, 0.4) is 0 Å². The minimum atomic E-state index is -0.0666. The molecule has 2 heterocycles. The predicted octanol–water partition coefficient (Wildman–Crippen LogP) is 3.31. The minimum absolute atomic E-state index is 0.0545. The van der Waals surface area contributed by atoms with Crippen molar-refractivity contribution in [3.05, 3.63) is 24.2 Å². The fourth-order valence-electron chi connectivity index (χ4n) is 4.00. The van der Waals surface area contributed by atoms with Crippen LogP contribution >= 0.6 is 0 Å². The number of hydrogen-bond acceptors (Lipinski definition) is 3. The van der Waals surface area contributed by atoms with Crippen molar-refractivity contribution in [2.75, 3.05) is 20.1 Å². The maximum absolute atomic E-state index is 12.8. The van der Waals surface area contributed by atoms with Crippen LogP contribution in [-0.2, 0) is 4.79 Å². The van der Waals surface area contributed by atoms with Crippen molar-refractivity contribution in [3.8, 4) is 0 Å². The smallest absolute Gasteiger partial charge is 0.289 e. The van der Waals surface area contributed by atoms with Gasteiger partial charge in [0.25, 0.3) is 5.91 Å². The van der Waals surface area contributed by atoms with E-state index in [2.05, 4.69) is 0 Å². The van der Waals surface area contributed by atoms with E-state index in [-0.39, 0.29) is 17.7 Å². The standard InChI is InChI=1S/C19H28N2O3/c1-20(16-7-4-2-3-5-8-16)18(22)15-10-12-21(13-11-15)19(23)17-9-6-14-24-17/h6,9,14-16H,2-5,7-8,10-13H2,1H3. The van der Waals surface area contributed by atoms with E-state index in [1.54, 1.807) is 17.0 Å². The van der Waals surface area contributed by atoms with Crippen molar-refractivity contribution in [3.63, 3.8) is 0 Å². The van der Waals surface area contributed by atoms with E-state index in [0.29, 0.717) is 24.9 Å². The Morgan fingerprint density at radius 2 is 1.75 bits per heavy atom. The highest BCUT2D eigenvalue weighted by molar-refractivity contribution is 5.91. The summed E-state index contributed by atoms with van der Waals surface area (Å²) >= 11 is 0. The van der Waals surface area contributed by atoms with Crippen LogP contribution in [0.15, 0.2) is 22.8 Å². The SMILES string of the molecule is CN(C(=O)C1CCN(C(=O)c2ccco2)CC1)C1CCCCCC1. The topological polar surface area (TPSA) is 53.8 Å². The summed E-state index contributed by atoms with van der Waals surface area (Å²) < 4.78 is 5.19. The van der Waals surface area contributed by atoms with Gasteiger partial charge in [-0.15, -0.1) is 0 Å². The molecule has 1 saturated carbocycles. The average molecular weight is 332 g/mol. The van der Waals surface area contributed by atoms with Crippen LogP contribution < -0.4 is 0 Å². The molecule has 1 aromatic rings. The summed E-state index contributed by atoms with van der Waals surface area (Å²) in [5, 5.41) is 0. The number of amides is 2. The third-order valence-electron chi connectivity index (χ3n) is 5.58. The Balaban J connectivity index is 1.52. The van der Waals surface area contributed by atoms with Crippen molar-refractivity contribution >= 4 is 11.8 Å². The Hall–Kier alpha value is -1.78. The molecule has 0 bridgehead atoms. The third kappa shape index (κ3) is 3.82. The first-order chi connectivity index (χ1) is 11.7. The van der Waals surface area contributed by atoms with Gasteiger partial charge in [-0.05, 0) is 37.8 Å². The summed E-state index contributed by atoms with van der Waals surface area (Å²) in [7, 11) is 1.97. The molecule has 0 atom stereocenters. The second kappa shape index (κ2) is 7.86. The lowest BCUT2D eigenvalue weighted by Gasteiger charge is -2.35. The van der Waals surface area contributed by atoms with E-state index >= 15 is 0 Å². The number of hydrogen-bond donors (Lipinski definition) is 0. The number of carbonyl (C=O) groups is 2. The Labute approximate surface area is 144 Å². The van der Waals surface area contributed by atoms with E-state index in [1.807, 2.05) is 11.9 Å². The van der Waals surface area contributed by atoms with Crippen molar-refractivity contribution in [2.24, 2.45) is 5.92 Å². The molecule has 5 nitrogen and oxygen atoms in total. The highest BCUT2D eigenvalue weighted by Gasteiger charge is 2.32. The lowest BCUT2D eigenvalue weighted by molar-refractivity contribution is -0.138. The Morgan fingerprint density at radius 1 is 1.08 bits per heavy atom. The van der Waals surface area contributed by atoms with Crippen molar-refractivity contribution in [1.82, 2.24) is 9.80 Å². The average Bonchev–Trinajstić information content (AvgIpc) is 3.02. The number of likely N-dealkylation sites (tertiary alicyclic amines) is 1. The minimum Gasteiger partial charge on any atom is -0.459 e. The zero-order chi connectivity index (χ0) is 16.9. The number of piperidine rings is 1. The fraction of sp³-hybridized carbons (Fsp3) is 0.684. The van der Waals surface area contributed by atoms with Crippen LogP contribution in [0.2, 0.25) is 0 Å². The molecule has 0 radical (unpaired) electrons. The van der Waals surface area contributed by atoms with E-state index in [1.165, 1.54) is 31.9 Å². The molecule has 0 aromatic carbocycles. The van der Waals surface area contributed by atoms with E-state index < -0.39 is 0 Å². The number of furan rings is 1. The molecule has 1 aliphatic carbocycles. The van der Waals surface area contributed by atoms with E-state index in [4.69, 9.17) is 4.42 Å². The maximum Gasteiger partial charge on any atom is 0.289 e. The molecule has 0 unspecified atom stereocenters. The van der Waals surface area contributed by atoms with Gasteiger partial charge in [-0.1, -0.05) is 25.7 Å². The largest absolute Gasteiger partial charge is 0.459 e. The second-order valence-corrected chi connectivity index (χ2v) is 7.14. The molecule has 0 N–H and O–H groups in total. The van der Waals surface area contributed by atoms with Gasteiger partial charge in [0.05, 0.1) is 6.26 Å². The van der Waals surface area contributed by atoms with Crippen molar-refractivity contribution in [1.29, 1.82) is 0 Å². The van der Waals surface area contributed by atoms with Crippen molar-refractivity contribution < 1.29 is 14.0 Å². The molecule has 2 fully saturated rings. The van der Waals surface area contributed by atoms with E-state index in [9.17, 15) is 9.59 Å². The zero-order valence-electron chi connectivity index (χ0n) is 14.6. The maximum atomic E-state index is 12.8. The van der Waals surface area contributed by atoms with Gasteiger partial charge in [0.1, 0.15) is 0 Å². The van der Waals surface area contributed by atoms with Gasteiger partial charge in [-0.25, -0.2) is 0 Å². The molecule has 1 saturated heterocycles. The van der Waals surface area contributed by atoms with Crippen molar-refractivity contribution in [2.45, 2.75) is 57.4 Å². The molecule has 2 amide bonds. The molecule has 0 spiro atoms. The summed E-state index contributed by atoms with van der Waals surface area (Å²) in [6.07, 6.45) is 10.4. The first-order valence-electron chi connectivity index (χ1n) is 9.26. The molecule has 1 aromatic heterocycles. The first kappa shape index (κ1) is 17.1. The quantitative estimate of drug-likeness (QED) is 0.798. The Morgan fingerprint density at radius 3 is 2.33 bits per heavy atom. The number of carbonyl (C=O) groups excluding carboxylic acids is 2. The van der Waals surface area contributed by atoms with Crippen LogP contribution in [0.5, 0.6) is 0 Å². The molecule has 2 aliphatic rings. The summed E-state index contributed by atoms with van der Waals surface area (Å²) in [4.78, 5) is 28.9. The molecule has 132 valence electrons. The monoisotopic (exact) mass is 332 g/mol. The van der Waals surface area contributed by atoms with Crippen LogP contribution in [0.1, 0.15) is 61.9 Å². The molecule has 24 heavy (non-hydrogen) atoms. The molecule has 1 aliphatic heterocycles. The Kier molecular flexibility index (Phi) is 5.59. The summed E-state index contributed by atoms with van der Waals surface area (Å²) in [5.41, 5.74) is 0. The van der Waals surface area contributed by atoms with E-state index in [0.717, 1.165) is 25.7 Å². The lowest BCUT2D eigenvalue weighted by atomic mass is 9.94. The van der Waals surface area contributed by atoms with Gasteiger partial charge in [0, 0.05) is 32.1 Å². The molecule has 3 rings (SSSR count). The number of rotatable bonds is 3. The van der Waals surface area contributed by atoms with Crippen LogP contribution in [-0.4, -0.2) is 47.8 Å². The lowest BCUT2D eigenvalue weighted by Crippen LogP contribution is -2.46. The van der Waals surface area contributed by atoms with Gasteiger partial charge in [-0.3, -0.25) is 9.59 Å². The van der Waals surface area contributed by atoms with Gasteiger partial charge in [0.2, 0.25) is 5.91 Å². The predicted molar refractivity (Wildman–Crippen MR) is 91.6 cm³/mol. The van der Waals surface area contributed by atoms with Gasteiger partial charge >= 0.3 is 0 Å². The van der Waals surface area contributed by atoms with Gasteiger partial charge in [-0.2, -0.15) is 0 Å². The van der Waals surface area contributed by atoms with Crippen LogP contribution in [0.4, 0.5) is 0 Å². The first-order valence-corrected chi connectivity index (χ1v) is 9.26. The number of nitrogens with zero attached hydrogens (tertiary/aromatic N) is 2. The van der Waals surface area contributed by atoms with Gasteiger partial charge in [0.15, 0.2) is 5.76 Å². The summed E-state index contributed by atoms with van der Waals surface area (Å²) in [6, 6.07) is 3.83. The molecule has 5 heteroatoms. The Bertz CT molecular complexity index is 539. The zero-order valence-corrected chi connectivity index (χ0v) is 14.6. The van der Waals surface area contributed by atoms with Crippen LogP contribution in [0, 0.1) is 5.92 Å². The summed E-state index contributed by atoms with van der Waals surface area (Å²) in [6.45, 7) is 1.27. The van der Waals surface area contributed by atoms with Crippen LogP contribution in [0.25, 0.3) is 0 Å². The fourth-order valence-corrected chi connectivity index (χ4v) is 4.00. The molecular weight excluding hydrogens is 304 g/mol. The summed E-state index contributed by atoms with van der Waals surface area (Å²) in [5.74, 6) is 0.643. The highest BCUT2D eigenvalue weighted by Crippen LogP contribution is 2.26. The normalized spacial score (nSPS) is 20.6. The van der Waals surface area contributed by atoms with Gasteiger partial charge < -0.3 is 14.2 Å². The highest BCUT2D eigenvalue weighted by atomic mass is 16.3. The molecular formula is C19H28N2O3. The third-order valence-corrected chi connectivity index (χ3v) is 5.58.